The highest BCUT2D eigenvalue weighted by Gasteiger charge is 2.26. The van der Waals surface area contributed by atoms with Gasteiger partial charge in [-0.05, 0) is 62.3 Å². The molecule has 0 unspecified atom stereocenters. The molecule has 32 heavy (non-hydrogen) atoms. The molecule has 3 rings (SSSR count). The third-order valence-electron chi connectivity index (χ3n) is 6.01. The summed E-state index contributed by atoms with van der Waals surface area (Å²) in [5.41, 5.74) is 3.33. The molecule has 0 spiro atoms. The van der Waals surface area contributed by atoms with Gasteiger partial charge in [0.2, 0.25) is 11.8 Å². The lowest BCUT2D eigenvalue weighted by Gasteiger charge is -2.29. The Morgan fingerprint density at radius 3 is 2.44 bits per heavy atom. The second-order valence-electron chi connectivity index (χ2n) is 8.36. The number of allylic oxidation sites excluding steroid dienone is 1. The van der Waals surface area contributed by atoms with E-state index < -0.39 is 6.04 Å². The van der Waals surface area contributed by atoms with Crippen molar-refractivity contribution in [3.63, 3.8) is 0 Å². The molecule has 5 nitrogen and oxygen atoms in total. The van der Waals surface area contributed by atoms with Crippen LogP contribution >= 0.6 is 0 Å². The van der Waals surface area contributed by atoms with Crippen LogP contribution in [0.1, 0.15) is 50.2 Å². The number of nitrogens with zero attached hydrogens (tertiary/aromatic N) is 1. The first-order valence-electron chi connectivity index (χ1n) is 11.5. The van der Waals surface area contributed by atoms with Crippen LogP contribution in [0.3, 0.4) is 0 Å². The quantitative estimate of drug-likeness (QED) is 0.553. The monoisotopic (exact) mass is 434 g/mol. The molecule has 0 heterocycles. The van der Waals surface area contributed by atoms with E-state index in [9.17, 15) is 9.59 Å². The molecule has 1 atom stereocenters. The van der Waals surface area contributed by atoms with Gasteiger partial charge in [-0.15, -0.1) is 0 Å². The van der Waals surface area contributed by atoms with Crippen LogP contribution in [0.5, 0.6) is 5.75 Å². The van der Waals surface area contributed by atoms with E-state index in [-0.39, 0.29) is 18.2 Å². The molecule has 0 saturated carbocycles. The fraction of sp³-hybridized carbons (Fsp3) is 0.407. The highest BCUT2D eigenvalue weighted by atomic mass is 16.5. The van der Waals surface area contributed by atoms with Gasteiger partial charge in [-0.3, -0.25) is 9.59 Å². The molecular formula is C27H34N2O3. The van der Waals surface area contributed by atoms with E-state index in [0.29, 0.717) is 13.1 Å². The van der Waals surface area contributed by atoms with E-state index in [0.717, 1.165) is 36.1 Å². The third-order valence-corrected chi connectivity index (χ3v) is 6.01. The number of hydrogen-bond donors (Lipinski definition) is 1. The first-order valence-corrected chi connectivity index (χ1v) is 11.5. The topological polar surface area (TPSA) is 58.6 Å². The van der Waals surface area contributed by atoms with Gasteiger partial charge < -0.3 is 15.0 Å². The molecule has 2 amide bonds. The van der Waals surface area contributed by atoms with Gasteiger partial charge in [0.05, 0.1) is 13.5 Å². The zero-order valence-corrected chi connectivity index (χ0v) is 19.2. The maximum atomic E-state index is 13.2. The van der Waals surface area contributed by atoms with Crippen LogP contribution in [0.15, 0.2) is 66.2 Å². The summed E-state index contributed by atoms with van der Waals surface area (Å²) in [4.78, 5) is 27.8. The number of carbonyl (C=O) groups excluding carboxylic acids is 2. The van der Waals surface area contributed by atoms with E-state index in [1.165, 1.54) is 18.4 Å². The van der Waals surface area contributed by atoms with Gasteiger partial charge >= 0.3 is 0 Å². The first kappa shape index (κ1) is 23.6. The Labute approximate surface area is 191 Å². The molecule has 0 aliphatic heterocycles. The molecule has 0 saturated heterocycles. The standard InChI is InChI=1S/C27H34N2O3/c1-21(27(31)28-18-17-22-9-5-3-6-10-22)29(20-24-13-15-25(32-2)16-14-24)26(30)19-23-11-7-4-8-12-23/h4,7-9,11-16,21H,3,5-6,10,17-20H2,1-2H3,(H,28,31)/t21-/m1/s1. The van der Waals surface area contributed by atoms with Gasteiger partial charge in [0.1, 0.15) is 11.8 Å². The van der Waals surface area contributed by atoms with Crippen molar-refractivity contribution in [1.29, 1.82) is 0 Å². The van der Waals surface area contributed by atoms with Gasteiger partial charge in [-0.2, -0.15) is 0 Å². The van der Waals surface area contributed by atoms with Crippen molar-refractivity contribution in [2.75, 3.05) is 13.7 Å². The maximum absolute atomic E-state index is 13.2. The molecule has 1 N–H and O–H groups in total. The van der Waals surface area contributed by atoms with Crippen LogP contribution in [-0.4, -0.2) is 36.4 Å². The van der Waals surface area contributed by atoms with E-state index in [1.54, 1.807) is 12.0 Å². The number of amides is 2. The summed E-state index contributed by atoms with van der Waals surface area (Å²) in [6.07, 6.45) is 8.22. The van der Waals surface area contributed by atoms with Gasteiger partial charge in [0, 0.05) is 13.1 Å². The number of carbonyl (C=O) groups is 2. The molecule has 0 bridgehead atoms. The number of nitrogens with one attached hydrogen (secondary N) is 1. The number of ether oxygens (including phenoxy) is 1. The summed E-state index contributed by atoms with van der Waals surface area (Å²) in [6, 6.07) is 16.7. The minimum atomic E-state index is -0.561. The normalized spacial score (nSPS) is 14.2. The van der Waals surface area contributed by atoms with Crippen LogP contribution in [0.2, 0.25) is 0 Å². The smallest absolute Gasteiger partial charge is 0.242 e. The van der Waals surface area contributed by atoms with Crippen molar-refractivity contribution in [1.82, 2.24) is 10.2 Å². The Morgan fingerprint density at radius 2 is 1.78 bits per heavy atom. The summed E-state index contributed by atoms with van der Waals surface area (Å²) in [7, 11) is 1.63. The molecular weight excluding hydrogens is 400 g/mol. The molecule has 1 aliphatic rings. The number of methoxy groups -OCH3 is 1. The predicted molar refractivity (Wildman–Crippen MR) is 127 cm³/mol. The molecule has 0 radical (unpaired) electrons. The lowest BCUT2D eigenvalue weighted by atomic mass is 9.97. The van der Waals surface area contributed by atoms with Crippen LogP contribution in [0.25, 0.3) is 0 Å². The number of benzene rings is 2. The second kappa shape index (κ2) is 12.1. The Balaban J connectivity index is 1.66. The first-order chi connectivity index (χ1) is 15.6. The summed E-state index contributed by atoms with van der Waals surface area (Å²) >= 11 is 0. The highest BCUT2D eigenvalue weighted by Crippen LogP contribution is 2.20. The van der Waals surface area contributed by atoms with Crippen molar-refractivity contribution in [2.24, 2.45) is 0 Å². The van der Waals surface area contributed by atoms with Crippen LogP contribution in [0.4, 0.5) is 0 Å². The molecule has 170 valence electrons. The highest BCUT2D eigenvalue weighted by molar-refractivity contribution is 5.88. The van der Waals surface area contributed by atoms with Crippen molar-refractivity contribution < 1.29 is 14.3 Å². The van der Waals surface area contributed by atoms with Gasteiger partial charge in [0.25, 0.3) is 0 Å². The molecule has 2 aromatic carbocycles. The van der Waals surface area contributed by atoms with E-state index in [4.69, 9.17) is 4.74 Å². The fourth-order valence-electron chi connectivity index (χ4n) is 4.01. The Hall–Kier alpha value is -3.08. The van der Waals surface area contributed by atoms with Gasteiger partial charge in [-0.1, -0.05) is 54.1 Å². The van der Waals surface area contributed by atoms with Crippen LogP contribution in [-0.2, 0) is 22.6 Å². The largest absolute Gasteiger partial charge is 0.497 e. The number of hydrogen-bond acceptors (Lipinski definition) is 3. The van der Waals surface area contributed by atoms with Gasteiger partial charge in [-0.25, -0.2) is 0 Å². The van der Waals surface area contributed by atoms with E-state index >= 15 is 0 Å². The molecule has 5 heteroatoms. The third kappa shape index (κ3) is 6.98. The molecule has 0 fully saturated rings. The minimum Gasteiger partial charge on any atom is -0.497 e. The van der Waals surface area contributed by atoms with Crippen molar-refractivity contribution in [3.8, 4) is 5.75 Å². The Kier molecular flexibility index (Phi) is 8.90. The zero-order chi connectivity index (χ0) is 22.8. The summed E-state index contributed by atoms with van der Waals surface area (Å²) in [5, 5.41) is 3.04. The summed E-state index contributed by atoms with van der Waals surface area (Å²) in [5.74, 6) is 0.583. The molecule has 0 aromatic heterocycles. The minimum absolute atomic E-state index is 0.0651. The van der Waals surface area contributed by atoms with E-state index in [2.05, 4.69) is 11.4 Å². The summed E-state index contributed by atoms with van der Waals surface area (Å²) < 4.78 is 5.23. The lowest BCUT2D eigenvalue weighted by Crippen LogP contribution is -2.48. The lowest BCUT2D eigenvalue weighted by molar-refractivity contribution is -0.140. The molecule has 1 aliphatic carbocycles. The van der Waals surface area contributed by atoms with Gasteiger partial charge in [0.15, 0.2) is 0 Å². The van der Waals surface area contributed by atoms with Crippen LogP contribution < -0.4 is 10.1 Å². The summed E-state index contributed by atoms with van der Waals surface area (Å²) in [6.45, 7) is 2.79. The maximum Gasteiger partial charge on any atom is 0.242 e. The SMILES string of the molecule is COc1ccc(CN(C(=O)Cc2ccccc2)[C@H](C)C(=O)NCCC2=CCCCC2)cc1. The van der Waals surface area contributed by atoms with Crippen molar-refractivity contribution in [2.45, 2.75) is 58.0 Å². The Bertz CT molecular complexity index is 906. The van der Waals surface area contributed by atoms with Crippen molar-refractivity contribution >= 4 is 11.8 Å². The average molecular weight is 435 g/mol. The average Bonchev–Trinajstić information content (AvgIpc) is 2.83. The predicted octanol–water partition coefficient (Wildman–Crippen LogP) is 4.66. The second-order valence-corrected chi connectivity index (χ2v) is 8.36. The van der Waals surface area contributed by atoms with E-state index in [1.807, 2.05) is 61.5 Å². The Morgan fingerprint density at radius 1 is 1.03 bits per heavy atom. The fourth-order valence-corrected chi connectivity index (χ4v) is 4.01. The zero-order valence-electron chi connectivity index (χ0n) is 19.2. The van der Waals surface area contributed by atoms with Crippen LogP contribution in [0, 0.1) is 0 Å². The van der Waals surface area contributed by atoms with Crippen molar-refractivity contribution in [3.05, 3.63) is 77.4 Å². The number of rotatable bonds is 10. The molecule has 2 aromatic rings.